The third-order valence-corrected chi connectivity index (χ3v) is 6.02. The van der Waals surface area contributed by atoms with Gasteiger partial charge in [-0.1, -0.05) is 0 Å². The molecule has 1 amide bonds. The maximum atomic E-state index is 12.9. The topological polar surface area (TPSA) is 135 Å². The van der Waals surface area contributed by atoms with E-state index < -0.39 is 6.10 Å². The lowest BCUT2D eigenvalue weighted by Crippen LogP contribution is -2.50. The number of nitrogens with zero attached hydrogens (tertiary/aromatic N) is 4. The van der Waals surface area contributed by atoms with Crippen molar-refractivity contribution >= 4 is 28.9 Å². The van der Waals surface area contributed by atoms with Crippen molar-refractivity contribution in [3.8, 4) is 0 Å². The summed E-state index contributed by atoms with van der Waals surface area (Å²) in [5, 5.41) is 23.0. The molecule has 0 radical (unpaired) electrons. The van der Waals surface area contributed by atoms with Crippen molar-refractivity contribution in [2.75, 3.05) is 24.3 Å². The van der Waals surface area contributed by atoms with Crippen LogP contribution in [0.15, 0.2) is 35.4 Å². The van der Waals surface area contributed by atoms with Crippen molar-refractivity contribution in [1.82, 2.24) is 24.5 Å². The number of aliphatic hydroxyl groups excluding tert-OH is 1. The predicted octanol–water partition coefficient (Wildman–Crippen LogP) is 1.11. The summed E-state index contributed by atoms with van der Waals surface area (Å²) < 4.78 is 8.78. The zero-order chi connectivity index (χ0) is 22.9. The fourth-order valence-corrected chi connectivity index (χ4v) is 3.76. The lowest BCUT2D eigenvalue weighted by molar-refractivity contribution is 0.0448. The van der Waals surface area contributed by atoms with Gasteiger partial charge in [0.2, 0.25) is 0 Å². The number of nitrogens with one attached hydrogen (secondary N) is 3. The number of aliphatic hydroxyl groups is 1. The van der Waals surface area contributed by atoms with E-state index in [2.05, 4.69) is 26.0 Å². The van der Waals surface area contributed by atoms with Gasteiger partial charge in [0.25, 0.3) is 11.5 Å². The number of ether oxygens (including phenoxy) is 1. The highest BCUT2D eigenvalue weighted by Gasteiger charge is 2.31. The first-order chi connectivity index (χ1) is 16.0. The molecule has 0 spiro atoms. The standard InChI is InChI=1S/C22H27N7O4/c1-23-19-11-18(25-16-3-2-8-28(22(16)32)9-10-33-13-4-5-13)27-20-14(12-24-29(19)20)21(31)26-15-6-7-17(15)30/h2-3,8,11-13,15,17,23,30H,4-7,9-10H2,1H3,(H,25,27)(H,26,31)/t15-,17-/m1/s1. The van der Waals surface area contributed by atoms with Gasteiger partial charge in [0.1, 0.15) is 22.9 Å². The second-order valence-corrected chi connectivity index (χ2v) is 8.41. The van der Waals surface area contributed by atoms with Gasteiger partial charge in [0, 0.05) is 25.9 Å². The van der Waals surface area contributed by atoms with Crippen LogP contribution >= 0.6 is 0 Å². The number of carbonyl (C=O) groups excluding carboxylic acids is 1. The molecule has 0 bridgehead atoms. The van der Waals surface area contributed by atoms with Gasteiger partial charge in [-0.15, -0.1) is 0 Å². The van der Waals surface area contributed by atoms with Crippen LogP contribution in [-0.2, 0) is 11.3 Å². The van der Waals surface area contributed by atoms with Crippen LogP contribution in [0.25, 0.3) is 5.65 Å². The molecule has 174 valence electrons. The molecule has 2 aliphatic carbocycles. The van der Waals surface area contributed by atoms with E-state index in [1.54, 1.807) is 36.0 Å². The number of rotatable bonds is 9. The van der Waals surface area contributed by atoms with Crippen molar-refractivity contribution in [1.29, 1.82) is 0 Å². The van der Waals surface area contributed by atoms with E-state index in [1.165, 1.54) is 10.7 Å². The Kier molecular flexibility index (Phi) is 5.73. The van der Waals surface area contributed by atoms with Crippen LogP contribution in [0.3, 0.4) is 0 Å². The third-order valence-electron chi connectivity index (χ3n) is 6.02. The van der Waals surface area contributed by atoms with Crippen molar-refractivity contribution in [3.05, 3.63) is 46.5 Å². The summed E-state index contributed by atoms with van der Waals surface area (Å²) in [4.78, 5) is 30.2. The lowest BCUT2D eigenvalue weighted by Gasteiger charge is -2.32. The predicted molar refractivity (Wildman–Crippen MR) is 122 cm³/mol. The first-order valence-corrected chi connectivity index (χ1v) is 11.2. The first kappa shape index (κ1) is 21.4. The molecule has 11 nitrogen and oxygen atoms in total. The van der Waals surface area contributed by atoms with Gasteiger partial charge in [0.15, 0.2) is 5.65 Å². The number of pyridine rings is 1. The molecule has 0 unspecified atom stereocenters. The number of hydrogen-bond acceptors (Lipinski definition) is 8. The summed E-state index contributed by atoms with van der Waals surface area (Å²) in [6.07, 6.45) is 6.59. The second-order valence-electron chi connectivity index (χ2n) is 8.41. The van der Waals surface area contributed by atoms with Crippen LogP contribution in [0.2, 0.25) is 0 Å². The summed E-state index contributed by atoms with van der Waals surface area (Å²) in [6.45, 7) is 0.963. The first-order valence-electron chi connectivity index (χ1n) is 11.2. The minimum absolute atomic E-state index is 0.185. The van der Waals surface area contributed by atoms with Crippen molar-refractivity contribution in [2.45, 2.75) is 50.5 Å². The highest BCUT2D eigenvalue weighted by atomic mass is 16.5. The van der Waals surface area contributed by atoms with E-state index in [-0.39, 0.29) is 23.1 Å². The number of fused-ring (bicyclic) bond motifs is 1. The Morgan fingerprint density at radius 2 is 2.15 bits per heavy atom. The fraction of sp³-hybridized carbons (Fsp3) is 0.455. The molecule has 3 aromatic heterocycles. The molecule has 3 heterocycles. The fourth-order valence-electron chi connectivity index (χ4n) is 3.76. The van der Waals surface area contributed by atoms with E-state index in [1.807, 2.05) is 0 Å². The van der Waals surface area contributed by atoms with E-state index >= 15 is 0 Å². The minimum atomic E-state index is -0.524. The van der Waals surface area contributed by atoms with Gasteiger partial charge in [-0.2, -0.15) is 9.61 Å². The van der Waals surface area contributed by atoms with Gasteiger partial charge in [0.05, 0.1) is 31.1 Å². The molecule has 0 aliphatic heterocycles. The molecule has 0 saturated heterocycles. The number of anilines is 3. The molecule has 4 N–H and O–H groups in total. The van der Waals surface area contributed by atoms with Gasteiger partial charge < -0.3 is 30.4 Å². The summed E-state index contributed by atoms with van der Waals surface area (Å²) in [5.41, 5.74) is 0.808. The smallest absolute Gasteiger partial charge is 0.274 e. The van der Waals surface area contributed by atoms with Gasteiger partial charge in [-0.25, -0.2) is 4.98 Å². The molecule has 5 rings (SSSR count). The minimum Gasteiger partial charge on any atom is -0.391 e. The quantitative estimate of drug-likeness (QED) is 0.378. The van der Waals surface area contributed by atoms with Gasteiger partial charge in [-0.05, 0) is 37.8 Å². The van der Waals surface area contributed by atoms with Gasteiger partial charge >= 0.3 is 0 Å². The summed E-state index contributed by atoms with van der Waals surface area (Å²) in [6, 6.07) is 4.93. The van der Waals surface area contributed by atoms with Crippen LogP contribution < -0.4 is 21.5 Å². The monoisotopic (exact) mass is 453 g/mol. The Labute approximate surface area is 189 Å². The van der Waals surface area contributed by atoms with Crippen molar-refractivity contribution in [2.24, 2.45) is 0 Å². The number of amides is 1. The highest BCUT2D eigenvalue weighted by Crippen LogP contribution is 2.24. The Hall–Kier alpha value is -3.44. The Morgan fingerprint density at radius 3 is 2.85 bits per heavy atom. The maximum absolute atomic E-state index is 12.9. The average molecular weight is 454 g/mol. The molecule has 2 atom stereocenters. The van der Waals surface area contributed by atoms with E-state index in [9.17, 15) is 14.7 Å². The summed E-state index contributed by atoms with van der Waals surface area (Å²) >= 11 is 0. The molecule has 2 aliphatic rings. The molecule has 33 heavy (non-hydrogen) atoms. The molecule has 0 aromatic carbocycles. The summed E-state index contributed by atoms with van der Waals surface area (Å²) in [5.74, 6) is 0.645. The zero-order valence-corrected chi connectivity index (χ0v) is 18.3. The molecule has 11 heteroatoms. The van der Waals surface area contributed by atoms with Crippen LogP contribution in [0.4, 0.5) is 17.3 Å². The normalized spacial score (nSPS) is 19.8. The largest absolute Gasteiger partial charge is 0.391 e. The molecular weight excluding hydrogens is 426 g/mol. The van der Waals surface area contributed by atoms with Crippen LogP contribution in [0.5, 0.6) is 0 Å². The Bertz CT molecular complexity index is 1230. The maximum Gasteiger partial charge on any atom is 0.274 e. The Balaban J connectivity index is 1.40. The molecule has 3 aromatic rings. The van der Waals surface area contributed by atoms with Gasteiger partial charge in [-0.3, -0.25) is 9.59 Å². The van der Waals surface area contributed by atoms with Crippen molar-refractivity contribution in [3.63, 3.8) is 0 Å². The van der Waals surface area contributed by atoms with Crippen molar-refractivity contribution < 1.29 is 14.6 Å². The lowest BCUT2D eigenvalue weighted by atomic mass is 9.89. The van der Waals surface area contributed by atoms with Crippen LogP contribution in [0, 0.1) is 0 Å². The molecule has 2 fully saturated rings. The van der Waals surface area contributed by atoms with Crippen LogP contribution in [-0.4, -0.2) is 62.1 Å². The van der Waals surface area contributed by atoms with Crippen LogP contribution in [0.1, 0.15) is 36.0 Å². The molecule has 2 saturated carbocycles. The van der Waals surface area contributed by atoms with E-state index in [0.29, 0.717) is 48.6 Å². The highest BCUT2D eigenvalue weighted by molar-refractivity contribution is 6.00. The number of aromatic nitrogens is 4. The number of carbonyl (C=O) groups is 1. The SMILES string of the molecule is CNc1cc(Nc2cccn(CCOC3CC3)c2=O)nc2c(C(=O)N[C@@H]3CC[C@H]3O)cnn12. The summed E-state index contributed by atoms with van der Waals surface area (Å²) in [7, 11) is 1.74. The third kappa shape index (κ3) is 4.41. The van der Waals surface area contributed by atoms with E-state index in [4.69, 9.17) is 4.74 Å². The average Bonchev–Trinajstić information content (AvgIpc) is 3.54. The zero-order valence-electron chi connectivity index (χ0n) is 18.3. The second kappa shape index (κ2) is 8.83. The molecular formula is C22H27N7O4. The Morgan fingerprint density at radius 1 is 1.30 bits per heavy atom. The van der Waals surface area contributed by atoms with E-state index in [0.717, 1.165) is 19.3 Å². The number of hydrogen-bond donors (Lipinski definition) is 4.